The van der Waals surface area contributed by atoms with Crippen molar-refractivity contribution in [3.05, 3.63) is 70.3 Å². The molecule has 0 bridgehead atoms. The first-order valence-electron chi connectivity index (χ1n) is 8.33. The molecule has 1 fully saturated rings. The first kappa shape index (κ1) is 18.0. The summed E-state index contributed by atoms with van der Waals surface area (Å²) in [6.07, 6.45) is 5.03. The number of rotatable bonds is 3. The summed E-state index contributed by atoms with van der Waals surface area (Å²) in [6, 6.07) is 12.2. The highest BCUT2D eigenvalue weighted by Gasteiger charge is 2.20. The van der Waals surface area contributed by atoms with Crippen molar-refractivity contribution in [2.24, 2.45) is 10.9 Å². The molecule has 2 aromatic rings. The minimum atomic E-state index is -0.654. The standard InChI is InChI=1S/C22H15F2NS/c23-21-14-20(11-12-25-15-26)22(24)13-19(21)10-9-18-7-5-17(6-8-18)4-3-16-1-2-16/h5-8,13-14,16H,1-4H2. The second-order valence-electron chi connectivity index (χ2n) is 6.18. The fraction of sp³-hybridized carbons (Fsp3) is 0.227. The van der Waals surface area contributed by atoms with Crippen LogP contribution in [0.15, 0.2) is 41.4 Å². The van der Waals surface area contributed by atoms with Crippen molar-refractivity contribution >= 4 is 17.4 Å². The van der Waals surface area contributed by atoms with Gasteiger partial charge in [0.05, 0.1) is 22.3 Å². The minimum absolute atomic E-state index is 0.0100. The van der Waals surface area contributed by atoms with E-state index in [4.69, 9.17) is 0 Å². The molecule has 1 nitrogen and oxygen atoms in total. The Bertz CT molecular complexity index is 977. The van der Waals surface area contributed by atoms with Gasteiger partial charge in [-0.1, -0.05) is 36.8 Å². The maximum atomic E-state index is 14.1. The summed E-state index contributed by atoms with van der Waals surface area (Å²) >= 11 is 4.36. The molecule has 0 saturated heterocycles. The van der Waals surface area contributed by atoms with Gasteiger partial charge in [-0.15, -0.1) is 4.99 Å². The Morgan fingerprint density at radius 2 is 1.62 bits per heavy atom. The van der Waals surface area contributed by atoms with Gasteiger partial charge in [0.25, 0.3) is 0 Å². The Hall–Kier alpha value is -2.78. The fourth-order valence-corrected chi connectivity index (χ4v) is 2.57. The van der Waals surface area contributed by atoms with Crippen LogP contribution < -0.4 is 0 Å². The van der Waals surface area contributed by atoms with E-state index in [1.807, 2.05) is 29.4 Å². The smallest absolute Gasteiger partial charge is 0.140 e. The summed E-state index contributed by atoms with van der Waals surface area (Å²) in [5, 5.41) is 2.04. The van der Waals surface area contributed by atoms with Gasteiger partial charge >= 0.3 is 0 Å². The largest absolute Gasteiger partial charge is 0.206 e. The normalized spacial score (nSPS) is 12.2. The number of isothiocyanates is 1. The number of benzene rings is 2. The molecule has 128 valence electrons. The van der Waals surface area contributed by atoms with Crippen LogP contribution in [0.3, 0.4) is 0 Å². The van der Waals surface area contributed by atoms with Crippen molar-refractivity contribution < 1.29 is 8.78 Å². The summed E-state index contributed by atoms with van der Waals surface area (Å²) in [6.45, 7) is 0. The lowest BCUT2D eigenvalue weighted by atomic mass is 10.1. The Morgan fingerprint density at radius 3 is 2.23 bits per heavy atom. The molecule has 26 heavy (non-hydrogen) atoms. The Morgan fingerprint density at radius 1 is 0.962 bits per heavy atom. The van der Waals surface area contributed by atoms with Crippen molar-refractivity contribution in [3.63, 3.8) is 0 Å². The van der Waals surface area contributed by atoms with Gasteiger partial charge in [0.2, 0.25) is 0 Å². The molecule has 4 heteroatoms. The average Bonchev–Trinajstić information content (AvgIpc) is 3.47. The summed E-state index contributed by atoms with van der Waals surface area (Å²) < 4.78 is 28.1. The molecule has 0 spiro atoms. The predicted octanol–water partition coefficient (Wildman–Crippen LogP) is 5.12. The summed E-state index contributed by atoms with van der Waals surface area (Å²) in [5.74, 6) is 7.55. The molecule has 0 heterocycles. The third-order valence-electron chi connectivity index (χ3n) is 4.18. The van der Waals surface area contributed by atoms with Gasteiger partial charge in [0, 0.05) is 5.56 Å². The van der Waals surface area contributed by atoms with E-state index in [0.717, 1.165) is 30.0 Å². The van der Waals surface area contributed by atoms with E-state index in [1.165, 1.54) is 24.8 Å². The molecule has 0 aliphatic heterocycles. The highest BCUT2D eigenvalue weighted by molar-refractivity contribution is 7.78. The zero-order chi connectivity index (χ0) is 18.4. The van der Waals surface area contributed by atoms with Crippen molar-refractivity contribution in [2.45, 2.75) is 25.7 Å². The minimum Gasteiger partial charge on any atom is -0.206 e. The molecule has 0 amide bonds. The fourth-order valence-electron chi connectivity index (χ4n) is 2.52. The topological polar surface area (TPSA) is 12.4 Å². The lowest BCUT2D eigenvalue weighted by Gasteiger charge is -2.00. The van der Waals surface area contributed by atoms with E-state index in [-0.39, 0.29) is 11.1 Å². The number of hydrogen-bond acceptors (Lipinski definition) is 2. The number of aliphatic imine (C=N–C) groups is 1. The van der Waals surface area contributed by atoms with Crippen LogP contribution in [0, 0.1) is 41.4 Å². The first-order chi connectivity index (χ1) is 12.7. The second-order valence-corrected chi connectivity index (χ2v) is 6.36. The molecule has 1 saturated carbocycles. The van der Waals surface area contributed by atoms with Crippen LogP contribution in [0.5, 0.6) is 0 Å². The van der Waals surface area contributed by atoms with E-state index in [1.54, 1.807) is 0 Å². The molecular formula is C22H15F2NS. The van der Waals surface area contributed by atoms with Crippen LogP contribution in [0.1, 0.15) is 41.5 Å². The monoisotopic (exact) mass is 363 g/mol. The zero-order valence-electron chi connectivity index (χ0n) is 14.0. The quantitative estimate of drug-likeness (QED) is 0.419. The number of halogens is 2. The van der Waals surface area contributed by atoms with Gasteiger partial charge in [-0.05, 0) is 66.7 Å². The molecule has 3 rings (SSSR count). The molecular weight excluding hydrogens is 348 g/mol. The van der Waals surface area contributed by atoms with E-state index < -0.39 is 11.6 Å². The Labute approximate surface area is 157 Å². The van der Waals surface area contributed by atoms with Crippen LogP contribution in [0.2, 0.25) is 0 Å². The number of aryl methyl sites for hydroxylation is 1. The Balaban J connectivity index is 1.73. The van der Waals surface area contributed by atoms with Crippen molar-refractivity contribution in [1.29, 1.82) is 0 Å². The van der Waals surface area contributed by atoms with Crippen LogP contribution in [0.4, 0.5) is 8.78 Å². The van der Waals surface area contributed by atoms with Crippen molar-refractivity contribution in [1.82, 2.24) is 0 Å². The third kappa shape index (κ3) is 5.11. The van der Waals surface area contributed by atoms with Crippen LogP contribution in [-0.4, -0.2) is 5.16 Å². The van der Waals surface area contributed by atoms with Crippen LogP contribution in [-0.2, 0) is 6.42 Å². The van der Waals surface area contributed by atoms with Crippen LogP contribution in [0.25, 0.3) is 0 Å². The van der Waals surface area contributed by atoms with Crippen LogP contribution >= 0.6 is 12.2 Å². The van der Waals surface area contributed by atoms with E-state index in [9.17, 15) is 8.78 Å². The number of hydrogen-bond donors (Lipinski definition) is 0. The molecule has 0 N–H and O–H groups in total. The molecule has 2 aromatic carbocycles. The number of thiocarbonyl (C=S) groups is 1. The number of nitrogens with zero attached hydrogens (tertiary/aromatic N) is 1. The summed E-state index contributed by atoms with van der Waals surface area (Å²) in [4.78, 5) is 3.36. The third-order valence-corrected chi connectivity index (χ3v) is 4.27. The maximum Gasteiger partial charge on any atom is 0.140 e. The Kier molecular flexibility index (Phi) is 5.92. The lowest BCUT2D eigenvalue weighted by Crippen LogP contribution is -1.91. The molecule has 1 aliphatic carbocycles. The van der Waals surface area contributed by atoms with Gasteiger partial charge in [-0.2, -0.15) is 0 Å². The van der Waals surface area contributed by atoms with Gasteiger partial charge < -0.3 is 0 Å². The molecule has 0 aromatic heterocycles. The van der Waals surface area contributed by atoms with Gasteiger partial charge in [-0.25, -0.2) is 8.78 Å². The molecule has 0 unspecified atom stereocenters. The highest BCUT2D eigenvalue weighted by Crippen LogP contribution is 2.33. The van der Waals surface area contributed by atoms with E-state index in [2.05, 4.69) is 41.0 Å². The second kappa shape index (κ2) is 8.54. The highest BCUT2D eigenvalue weighted by atomic mass is 32.1. The molecule has 0 radical (unpaired) electrons. The van der Waals surface area contributed by atoms with Gasteiger partial charge in [0.15, 0.2) is 0 Å². The van der Waals surface area contributed by atoms with Gasteiger partial charge in [0.1, 0.15) is 11.6 Å². The van der Waals surface area contributed by atoms with E-state index >= 15 is 0 Å². The SMILES string of the molecule is Fc1cc(C#Cc2ccc(CCC3CC3)cc2)c(F)cc1C#CN=C=S. The average molecular weight is 363 g/mol. The summed E-state index contributed by atoms with van der Waals surface area (Å²) in [7, 11) is 0. The van der Waals surface area contributed by atoms with E-state index in [0.29, 0.717) is 0 Å². The zero-order valence-corrected chi connectivity index (χ0v) is 14.8. The van der Waals surface area contributed by atoms with Crippen molar-refractivity contribution in [2.75, 3.05) is 0 Å². The first-order valence-corrected chi connectivity index (χ1v) is 8.74. The maximum absolute atomic E-state index is 14.1. The molecule has 1 aliphatic rings. The predicted molar refractivity (Wildman–Crippen MR) is 102 cm³/mol. The molecule has 0 atom stereocenters. The van der Waals surface area contributed by atoms with Crippen molar-refractivity contribution in [3.8, 4) is 23.8 Å². The lowest BCUT2D eigenvalue weighted by molar-refractivity contribution is 0.594. The summed E-state index contributed by atoms with van der Waals surface area (Å²) in [5.41, 5.74) is 1.94. The van der Waals surface area contributed by atoms with Gasteiger partial charge in [-0.3, -0.25) is 0 Å².